The molecule has 6 heterocycles. The van der Waals surface area contributed by atoms with Crippen molar-refractivity contribution < 1.29 is 103 Å². The molecule has 2 aliphatic rings. The summed E-state index contributed by atoms with van der Waals surface area (Å²) in [5.74, 6) is 0. The van der Waals surface area contributed by atoms with Crippen LogP contribution in [0.4, 0.5) is 0 Å². The molecule has 4 aromatic heterocycles. The van der Waals surface area contributed by atoms with Crippen LogP contribution in [0.2, 0.25) is 0 Å². The van der Waals surface area contributed by atoms with Crippen molar-refractivity contribution >= 4 is 61.4 Å². The minimum Gasteiger partial charge on any atom is -0.387 e. The number of imidazole rings is 2. The summed E-state index contributed by atoms with van der Waals surface area (Å²) in [6, 6.07) is 0. The quantitative estimate of drug-likeness (QED) is 0.0502. The number of hydrogen-bond acceptors (Lipinski definition) is 23. The van der Waals surface area contributed by atoms with E-state index in [0.717, 1.165) is 34.4 Å². The van der Waals surface area contributed by atoms with Crippen molar-refractivity contribution in [2.24, 2.45) is 0 Å². The number of aliphatic hydroxyl groups is 4. The van der Waals surface area contributed by atoms with Crippen LogP contribution in [0.15, 0.2) is 34.9 Å². The Labute approximate surface area is 312 Å². The molecule has 12 unspecified atom stereocenters. The summed E-state index contributed by atoms with van der Waals surface area (Å²) in [6.45, 7) is -2.41. The normalized spacial score (nSPS) is 30.8. The number of phosphoric ester groups is 2. The molecule has 0 amide bonds. The first kappa shape index (κ1) is 43.7. The first-order chi connectivity index (χ1) is 26.4. The van der Waals surface area contributed by atoms with Gasteiger partial charge in [0, 0.05) is 0 Å². The topological polar surface area (TPSA) is 468 Å². The second-order valence-electron chi connectivity index (χ2n) is 11.5. The van der Waals surface area contributed by atoms with Crippen molar-refractivity contribution in [3.05, 3.63) is 46.0 Å². The van der Waals surface area contributed by atoms with E-state index in [1.165, 1.54) is 0 Å². The highest BCUT2D eigenvalue weighted by atomic mass is 31.3. The molecule has 32 nitrogen and oxygen atoms in total. The van der Waals surface area contributed by atoms with Crippen LogP contribution in [-0.2, 0) is 58.6 Å². The lowest BCUT2D eigenvalue weighted by molar-refractivity contribution is -0.0503. The van der Waals surface area contributed by atoms with Gasteiger partial charge in [-0.25, -0.2) is 42.8 Å². The summed E-state index contributed by atoms with van der Waals surface area (Å²) in [7, 11) is -31.0. The third kappa shape index (κ3) is 9.80. The number of aromatic amines is 2. The van der Waals surface area contributed by atoms with Crippen molar-refractivity contribution in [1.82, 2.24) is 39.0 Å². The van der Waals surface area contributed by atoms with E-state index in [-0.39, 0.29) is 22.3 Å². The second-order valence-corrected chi connectivity index (χ2v) is 19.3. The number of aliphatic hydroxyl groups excluding tert-OH is 4. The summed E-state index contributed by atoms with van der Waals surface area (Å²) < 4.78 is 98.3. The lowest BCUT2D eigenvalue weighted by Crippen LogP contribution is -2.33. The standard InChI is InChI=1S/C20H27N8O24P5/c29-11-7(47-19(13(11)31)27-5-25-9-15(27)21-3-23-17(9)33)1-45-53(35,36)49-55(39,40)51-57(43,44)52-56(41,42)50-54(37,38)46-2-8-12(30)14(32)20(48-8)28-6-26-10-16(28)22-4-24-18(10)34/h3-8,11-14,19-20,29-32H,1-2H2,(H,35,36)(H,37,38)(H,39,40)(H,41,42)(H,43,44)(H,21,23,33)(H,22,24,34). The highest BCUT2D eigenvalue weighted by Gasteiger charge is 2.51. The van der Waals surface area contributed by atoms with Crippen LogP contribution in [0.5, 0.6) is 0 Å². The molecule has 0 aromatic carbocycles. The number of ether oxygens (including phenoxy) is 2. The van der Waals surface area contributed by atoms with E-state index in [1.54, 1.807) is 0 Å². The van der Waals surface area contributed by atoms with Crippen molar-refractivity contribution in [2.75, 3.05) is 13.2 Å². The lowest BCUT2D eigenvalue weighted by atomic mass is 10.1. The zero-order valence-corrected chi connectivity index (χ0v) is 31.9. The fourth-order valence-corrected chi connectivity index (χ4v) is 11.6. The van der Waals surface area contributed by atoms with Gasteiger partial charge in [-0.05, 0) is 0 Å². The molecule has 6 rings (SSSR count). The van der Waals surface area contributed by atoms with Gasteiger partial charge in [0.2, 0.25) is 0 Å². The van der Waals surface area contributed by atoms with Gasteiger partial charge in [0.25, 0.3) is 11.1 Å². The van der Waals surface area contributed by atoms with Crippen molar-refractivity contribution in [1.29, 1.82) is 0 Å². The molecule has 4 aromatic rings. The Morgan fingerprint density at radius 3 is 1.25 bits per heavy atom. The molecule has 37 heteroatoms. The fourth-order valence-electron chi connectivity index (χ4n) is 5.24. The number of phosphoric acid groups is 5. The number of rotatable bonds is 16. The zero-order valence-electron chi connectivity index (χ0n) is 27.4. The number of fused-ring (bicyclic) bond motifs is 2. The predicted octanol–water partition coefficient (Wildman–Crippen LogP) is -2.91. The van der Waals surface area contributed by atoms with E-state index in [4.69, 9.17) is 9.47 Å². The van der Waals surface area contributed by atoms with Gasteiger partial charge >= 0.3 is 39.1 Å². The predicted molar refractivity (Wildman–Crippen MR) is 174 cm³/mol. The average molecular weight is 918 g/mol. The van der Waals surface area contributed by atoms with Gasteiger partial charge < -0.3 is 64.3 Å². The monoisotopic (exact) mass is 918 g/mol. The number of nitrogens with one attached hydrogen (secondary N) is 2. The molecule has 12 atom stereocenters. The van der Waals surface area contributed by atoms with Crippen LogP contribution in [0, 0.1) is 0 Å². The maximum atomic E-state index is 12.4. The highest BCUT2D eigenvalue weighted by molar-refractivity contribution is 7.71. The van der Waals surface area contributed by atoms with Crippen molar-refractivity contribution in [3.63, 3.8) is 0 Å². The minimum absolute atomic E-state index is 0.110. The maximum absolute atomic E-state index is 12.4. The molecule has 0 saturated carbocycles. The molecule has 57 heavy (non-hydrogen) atoms. The number of hydrogen-bond donors (Lipinski definition) is 11. The fraction of sp³-hybridized carbons (Fsp3) is 0.500. The van der Waals surface area contributed by atoms with E-state index in [0.29, 0.717) is 0 Å². The molecule has 2 saturated heterocycles. The largest absolute Gasteiger partial charge is 0.490 e. The van der Waals surface area contributed by atoms with E-state index in [9.17, 15) is 77.3 Å². The summed E-state index contributed by atoms with van der Waals surface area (Å²) in [5, 5.41) is 41.6. The molecule has 0 radical (unpaired) electrons. The molecule has 2 fully saturated rings. The highest BCUT2D eigenvalue weighted by Crippen LogP contribution is 2.73. The van der Waals surface area contributed by atoms with Crippen LogP contribution in [0.25, 0.3) is 22.3 Å². The SMILES string of the molecule is O=c1[nH]cnc2c1ncn2C1OC(COP(=O)(O)OP(=O)(O)OP(=O)(O)OP(=O)(O)OP(=O)(O)OCC2OC(n3cnc4c(=O)[nH]cnc43)C(O)C2O)C(O)C1O. The Kier molecular flexibility index (Phi) is 12.3. The first-order valence-corrected chi connectivity index (χ1v) is 22.5. The smallest absolute Gasteiger partial charge is 0.387 e. The van der Waals surface area contributed by atoms with Crippen LogP contribution in [0.3, 0.4) is 0 Å². The first-order valence-electron chi connectivity index (χ1n) is 15.0. The van der Waals surface area contributed by atoms with Gasteiger partial charge in [-0.3, -0.25) is 27.8 Å². The second kappa shape index (κ2) is 16.0. The molecule has 0 aliphatic carbocycles. The maximum Gasteiger partial charge on any atom is 0.490 e. The van der Waals surface area contributed by atoms with E-state index >= 15 is 0 Å². The van der Waals surface area contributed by atoms with Gasteiger partial charge in [0.05, 0.1) is 38.5 Å². The minimum atomic E-state index is -6.47. The molecular weight excluding hydrogens is 891 g/mol. The van der Waals surface area contributed by atoms with Gasteiger partial charge in [0.1, 0.15) is 36.6 Å². The Balaban J connectivity index is 1.00. The van der Waals surface area contributed by atoms with Gasteiger partial charge in [0.15, 0.2) is 34.8 Å². The summed E-state index contributed by atoms with van der Waals surface area (Å²) in [5.41, 5.74) is -1.92. The molecule has 316 valence electrons. The molecule has 0 bridgehead atoms. The van der Waals surface area contributed by atoms with Gasteiger partial charge in [-0.1, -0.05) is 0 Å². The van der Waals surface area contributed by atoms with Crippen LogP contribution in [0.1, 0.15) is 12.5 Å². The zero-order chi connectivity index (χ0) is 41.9. The number of aromatic nitrogens is 8. The Morgan fingerprint density at radius 1 is 0.561 bits per heavy atom. The van der Waals surface area contributed by atoms with E-state index in [2.05, 4.69) is 56.2 Å². The van der Waals surface area contributed by atoms with Crippen molar-refractivity contribution in [3.8, 4) is 0 Å². The van der Waals surface area contributed by atoms with E-state index < -0.39 is 113 Å². The average Bonchev–Trinajstić information content (AvgIpc) is 3.83. The number of H-pyrrole nitrogens is 2. The van der Waals surface area contributed by atoms with Crippen LogP contribution >= 0.6 is 39.1 Å². The Bertz CT molecular complexity index is 2340. The lowest BCUT2D eigenvalue weighted by Gasteiger charge is -2.21. The molecule has 11 N–H and O–H groups in total. The summed E-state index contributed by atoms with van der Waals surface area (Å²) in [6.07, 6.45) is -9.81. The Morgan fingerprint density at radius 2 is 0.895 bits per heavy atom. The third-order valence-electron chi connectivity index (χ3n) is 7.58. The molecular formula is C20H27N8O24P5. The van der Waals surface area contributed by atoms with E-state index in [1.807, 2.05) is 0 Å². The number of nitrogens with zero attached hydrogens (tertiary/aromatic N) is 6. The molecule has 2 aliphatic heterocycles. The van der Waals surface area contributed by atoms with Crippen molar-refractivity contribution in [2.45, 2.75) is 49.1 Å². The van der Waals surface area contributed by atoms with Crippen LogP contribution in [-0.4, -0.2) is 134 Å². The third-order valence-corrected chi connectivity index (χ3v) is 15.1. The molecule has 0 spiro atoms. The van der Waals surface area contributed by atoms with Gasteiger partial charge in [-0.15, -0.1) is 0 Å². The Hall–Kier alpha value is -2.83. The van der Waals surface area contributed by atoms with Gasteiger partial charge in [-0.2, -0.15) is 17.2 Å². The van der Waals surface area contributed by atoms with Crippen LogP contribution < -0.4 is 11.1 Å². The summed E-state index contributed by atoms with van der Waals surface area (Å²) in [4.78, 5) is 92.9. The summed E-state index contributed by atoms with van der Waals surface area (Å²) >= 11 is 0.